The maximum atomic E-state index is 11.0. The second-order valence-electron chi connectivity index (χ2n) is 3.59. The zero-order valence-corrected chi connectivity index (χ0v) is 11.0. The molecule has 0 saturated heterocycles. The predicted molar refractivity (Wildman–Crippen MR) is 60.3 cm³/mol. The van der Waals surface area contributed by atoms with E-state index in [1.54, 1.807) is 0 Å². The molecule has 0 amide bonds. The standard InChI is InChI=1S/C8H19O6PS/c1-2-3-4-5-6-7-8-16(12,13)14-15(9,10)11/h2-8H2,1H3,(H2,9,10,11). The number of phosphoric acid groups is 1. The molecule has 0 unspecified atom stereocenters. The van der Waals surface area contributed by atoms with Gasteiger partial charge in [0.25, 0.3) is 10.1 Å². The molecule has 0 spiro atoms. The Morgan fingerprint density at radius 3 is 2.06 bits per heavy atom. The normalized spacial score (nSPS) is 12.9. The lowest BCUT2D eigenvalue weighted by molar-refractivity contribution is 0.285. The minimum absolute atomic E-state index is 0.343. The summed E-state index contributed by atoms with van der Waals surface area (Å²) in [5, 5.41) is 0. The molecule has 6 nitrogen and oxygen atoms in total. The number of rotatable bonds is 9. The third kappa shape index (κ3) is 10.6. The molecule has 2 N–H and O–H groups in total. The minimum atomic E-state index is -4.94. The van der Waals surface area contributed by atoms with Gasteiger partial charge < -0.3 is 9.79 Å². The number of unbranched alkanes of at least 4 members (excludes halogenated alkanes) is 5. The molecule has 8 heteroatoms. The molecule has 0 aromatic heterocycles. The second kappa shape index (κ2) is 7.40. The van der Waals surface area contributed by atoms with Gasteiger partial charge in [0.2, 0.25) is 0 Å². The van der Waals surface area contributed by atoms with Crippen LogP contribution in [0.2, 0.25) is 0 Å². The Balaban J connectivity index is 3.72. The number of hydrogen-bond donors (Lipinski definition) is 2. The largest absolute Gasteiger partial charge is 0.484 e. The summed E-state index contributed by atoms with van der Waals surface area (Å²) in [5.74, 6) is -0.343. The highest BCUT2D eigenvalue weighted by atomic mass is 32.2. The van der Waals surface area contributed by atoms with Crippen LogP contribution < -0.4 is 0 Å². The van der Waals surface area contributed by atoms with E-state index in [-0.39, 0.29) is 5.75 Å². The molecule has 0 saturated carbocycles. The van der Waals surface area contributed by atoms with Gasteiger partial charge in [-0.1, -0.05) is 39.0 Å². The van der Waals surface area contributed by atoms with E-state index in [0.717, 1.165) is 32.1 Å². The van der Waals surface area contributed by atoms with Crippen LogP contribution in [0.25, 0.3) is 0 Å². The van der Waals surface area contributed by atoms with Crippen molar-refractivity contribution >= 4 is 17.9 Å². The first-order chi connectivity index (χ1) is 7.27. The van der Waals surface area contributed by atoms with E-state index in [2.05, 4.69) is 10.9 Å². The fourth-order valence-corrected chi connectivity index (χ4v) is 3.28. The van der Waals surface area contributed by atoms with Gasteiger partial charge in [-0.2, -0.15) is 12.4 Å². The van der Waals surface area contributed by atoms with Crippen LogP contribution in [-0.4, -0.2) is 24.0 Å². The summed E-state index contributed by atoms with van der Waals surface area (Å²) in [7, 11) is -9.04. The van der Waals surface area contributed by atoms with Crippen LogP contribution in [0.4, 0.5) is 0 Å². The Bertz CT molecular complexity index is 319. The van der Waals surface area contributed by atoms with Gasteiger partial charge in [0, 0.05) is 0 Å². The van der Waals surface area contributed by atoms with Crippen molar-refractivity contribution in [3.8, 4) is 0 Å². The van der Waals surface area contributed by atoms with E-state index < -0.39 is 17.9 Å². The summed E-state index contributed by atoms with van der Waals surface area (Å²) < 4.78 is 36.0. The minimum Gasteiger partial charge on any atom is -0.302 e. The van der Waals surface area contributed by atoms with Crippen LogP contribution in [0, 0.1) is 0 Å². The van der Waals surface area contributed by atoms with Crippen LogP contribution in [-0.2, 0) is 18.7 Å². The molecule has 0 heterocycles. The third-order valence-corrected chi connectivity index (χ3v) is 4.43. The molecule has 0 bridgehead atoms. The van der Waals surface area contributed by atoms with Crippen molar-refractivity contribution in [2.45, 2.75) is 45.4 Å². The van der Waals surface area contributed by atoms with Crippen molar-refractivity contribution in [2.24, 2.45) is 0 Å². The van der Waals surface area contributed by atoms with Crippen molar-refractivity contribution in [2.75, 3.05) is 5.75 Å². The van der Waals surface area contributed by atoms with E-state index in [1.165, 1.54) is 0 Å². The fourth-order valence-electron chi connectivity index (χ4n) is 1.24. The third-order valence-electron chi connectivity index (χ3n) is 1.96. The van der Waals surface area contributed by atoms with Crippen LogP contribution in [0.3, 0.4) is 0 Å². The van der Waals surface area contributed by atoms with Gasteiger partial charge in [-0.3, -0.25) is 0 Å². The van der Waals surface area contributed by atoms with E-state index in [0.29, 0.717) is 6.42 Å². The van der Waals surface area contributed by atoms with Crippen LogP contribution >= 0.6 is 7.82 Å². The first-order valence-corrected chi connectivity index (χ1v) is 8.37. The van der Waals surface area contributed by atoms with Crippen molar-refractivity contribution in [1.82, 2.24) is 0 Å². The molecule has 0 aliphatic carbocycles. The first-order valence-electron chi connectivity index (χ1n) is 5.26. The molecule has 0 aliphatic heterocycles. The van der Waals surface area contributed by atoms with Crippen molar-refractivity contribution in [1.29, 1.82) is 0 Å². The Labute approximate surface area is 96.4 Å². The Kier molecular flexibility index (Phi) is 7.43. The van der Waals surface area contributed by atoms with Gasteiger partial charge in [-0.05, 0) is 6.42 Å². The molecule has 98 valence electrons. The summed E-state index contributed by atoms with van der Waals surface area (Å²) in [6.07, 6.45) is 5.30. The molecule has 16 heavy (non-hydrogen) atoms. The molecule has 0 aromatic carbocycles. The molecule has 0 radical (unpaired) electrons. The predicted octanol–water partition coefficient (Wildman–Crippen LogP) is 1.79. The van der Waals surface area contributed by atoms with Gasteiger partial charge in [-0.25, -0.2) is 4.57 Å². The average molecular weight is 274 g/mol. The summed E-state index contributed by atoms with van der Waals surface area (Å²) in [6.45, 7) is 2.08. The molecule has 0 aliphatic rings. The maximum Gasteiger partial charge on any atom is 0.484 e. The second-order valence-corrected chi connectivity index (χ2v) is 6.70. The molecule has 0 rings (SSSR count). The van der Waals surface area contributed by atoms with Gasteiger partial charge in [0.15, 0.2) is 0 Å². The zero-order chi connectivity index (χ0) is 12.7. The molecule has 0 fully saturated rings. The number of hydrogen-bond acceptors (Lipinski definition) is 4. The first kappa shape index (κ1) is 16.1. The van der Waals surface area contributed by atoms with E-state index in [9.17, 15) is 13.0 Å². The smallest absolute Gasteiger partial charge is 0.302 e. The highest BCUT2D eigenvalue weighted by molar-refractivity contribution is 7.90. The quantitative estimate of drug-likeness (QED) is 0.491. The summed E-state index contributed by atoms with van der Waals surface area (Å²) in [4.78, 5) is 16.7. The van der Waals surface area contributed by atoms with E-state index in [1.807, 2.05) is 0 Å². The lowest BCUT2D eigenvalue weighted by Gasteiger charge is -2.05. The van der Waals surface area contributed by atoms with Gasteiger partial charge >= 0.3 is 7.82 Å². The Morgan fingerprint density at radius 1 is 1.06 bits per heavy atom. The lowest BCUT2D eigenvalue weighted by Crippen LogP contribution is -2.09. The fraction of sp³-hybridized carbons (Fsp3) is 1.00. The SMILES string of the molecule is CCCCCCCCS(=O)(=O)OP(=O)(O)O. The monoisotopic (exact) mass is 274 g/mol. The van der Waals surface area contributed by atoms with Crippen LogP contribution in [0.1, 0.15) is 45.4 Å². The molecular weight excluding hydrogens is 255 g/mol. The Hall–Kier alpha value is 0.0600. The highest BCUT2D eigenvalue weighted by Gasteiger charge is 2.24. The van der Waals surface area contributed by atoms with Crippen LogP contribution in [0.5, 0.6) is 0 Å². The Morgan fingerprint density at radius 2 is 1.56 bits per heavy atom. The maximum absolute atomic E-state index is 11.0. The zero-order valence-electron chi connectivity index (χ0n) is 9.33. The topological polar surface area (TPSA) is 101 Å². The molecule has 0 aromatic rings. The van der Waals surface area contributed by atoms with Gasteiger partial charge in [0.05, 0.1) is 5.75 Å². The van der Waals surface area contributed by atoms with Crippen molar-refractivity contribution < 1.29 is 26.7 Å². The summed E-state index contributed by atoms with van der Waals surface area (Å²) in [6, 6.07) is 0. The lowest BCUT2D eigenvalue weighted by atomic mass is 10.1. The van der Waals surface area contributed by atoms with Crippen molar-refractivity contribution in [3.63, 3.8) is 0 Å². The molecular formula is C8H19O6PS. The summed E-state index contributed by atoms with van der Waals surface area (Å²) in [5.41, 5.74) is 0. The van der Waals surface area contributed by atoms with Gasteiger partial charge in [0.1, 0.15) is 0 Å². The molecule has 0 atom stereocenters. The highest BCUT2D eigenvalue weighted by Crippen LogP contribution is 2.38. The van der Waals surface area contributed by atoms with Crippen molar-refractivity contribution in [3.05, 3.63) is 0 Å². The van der Waals surface area contributed by atoms with E-state index >= 15 is 0 Å². The van der Waals surface area contributed by atoms with Gasteiger partial charge in [-0.15, -0.1) is 0 Å². The van der Waals surface area contributed by atoms with Crippen LogP contribution in [0.15, 0.2) is 0 Å². The average Bonchev–Trinajstić information content (AvgIpc) is 2.06. The van der Waals surface area contributed by atoms with E-state index in [4.69, 9.17) is 9.79 Å². The summed E-state index contributed by atoms with van der Waals surface area (Å²) >= 11 is 0.